The number of aliphatic hydroxyl groups excluding tert-OH is 1. The Morgan fingerprint density at radius 3 is 3.06 bits per heavy atom. The first-order valence-electron chi connectivity index (χ1n) is 5.16. The van der Waals surface area contributed by atoms with Crippen molar-refractivity contribution in [2.24, 2.45) is 0 Å². The second kappa shape index (κ2) is 5.11. The van der Waals surface area contributed by atoms with Gasteiger partial charge in [-0.05, 0) is 17.5 Å². The molecule has 6 heteroatoms. The number of amides is 1. The van der Waals surface area contributed by atoms with Gasteiger partial charge in [0.2, 0.25) is 5.91 Å². The van der Waals surface area contributed by atoms with Crippen LogP contribution in [0.1, 0.15) is 0 Å². The second-order valence-corrected chi connectivity index (χ2v) is 4.47. The normalized spacial score (nSPS) is 10.6. The van der Waals surface area contributed by atoms with Gasteiger partial charge in [-0.2, -0.15) is 0 Å². The molecule has 0 aromatic carbocycles. The minimum absolute atomic E-state index is 0.0232. The van der Waals surface area contributed by atoms with Gasteiger partial charge >= 0.3 is 0 Å². The fourth-order valence-electron chi connectivity index (χ4n) is 1.54. The number of rotatable bonds is 4. The zero-order chi connectivity index (χ0) is 12.3. The second-order valence-electron chi connectivity index (χ2n) is 3.52. The molecule has 0 saturated heterocycles. The monoisotopic (exact) mass is 252 g/mol. The molecule has 5 nitrogen and oxygen atoms in total. The predicted octanol–water partition coefficient (Wildman–Crippen LogP) is 0.172. The van der Waals surface area contributed by atoms with E-state index in [1.807, 2.05) is 11.4 Å². The van der Waals surface area contributed by atoms with Crippen LogP contribution in [-0.4, -0.2) is 28.7 Å². The van der Waals surface area contributed by atoms with Crippen molar-refractivity contribution in [1.29, 1.82) is 0 Å². The van der Waals surface area contributed by atoms with E-state index >= 15 is 0 Å². The third-order valence-electron chi connectivity index (χ3n) is 2.34. The van der Waals surface area contributed by atoms with Crippen molar-refractivity contribution in [3.05, 3.63) is 34.1 Å². The quantitative estimate of drug-likeness (QED) is 0.815. The first-order chi connectivity index (χ1) is 8.22. The molecule has 0 saturated carbocycles. The number of carbonyl (C=O) groups is 1. The number of carbonyl (C=O) groups excluding carboxylic acids is 1. The zero-order valence-electron chi connectivity index (χ0n) is 9.05. The van der Waals surface area contributed by atoms with Gasteiger partial charge in [0.25, 0.3) is 5.56 Å². The maximum atomic E-state index is 11.9. The number of thiophene rings is 1. The summed E-state index contributed by atoms with van der Waals surface area (Å²) in [6.45, 7) is 0.0725. The minimum atomic E-state index is -0.282. The van der Waals surface area contributed by atoms with E-state index in [1.165, 1.54) is 15.9 Å². The lowest BCUT2D eigenvalue weighted by Gasteiger charge is -2.06. The van der Waals surface area contributed by atoms with E-state index in [2.05, 4.69) is 5.32 Å². The summed E-state index contributed by atoms with van der Waals surface area (Å²) in [5.74, 6) is -0.282. The van der Waals surface area contributed by atoms with Crippen molar-refractivity contribution in [2.75, 3.05) is 13.2 Å². The fraction of sp³-hybridized carbons (Fsp3) is 0.273. The van der Waals surface area contributed by atoms with Gasteiger partial charge < -0.3 is 15.0 Å². The van der Waals surface area contributed by atoms with Gasteiger partial charge in [-0.25, -0.2) is 0 Å². The van der Waals surface area contributed by atoms with Crippen molar-refractivity contribution in [3.8, 4) is 0 Å². The van der Waals surface area contributed by atoms with Gasteiger partial charge in [-0.1, -0.05) is 0 Å². The highest BCUT2D eigenvalue weighted by Crippen LogP contribution is 2.15. The molecule has 1 amide bonds. The van der Waals surface area contributed by atoms with Crippen LogP contribution < -0.4 is 10.9 Å². The molecule has 2 aromatic heterocycles. The van der Waals surface area contributed by atoms with E-state index < -0.39 is 0 Å². The number of nitrogens with one attached hydrogen (secondary N) is 1. The molecule has 2 heterocycles. The number of nitrogens with zero attached hydrogens (tertiary/aromatic N) is 1. The molecule has 0 atom stereocenters. The van der Waals surface area contributed by atoms with Crippen LogP contribution in [0.2, 0.25) is 0 Å². The lowest BCUT2D eigenvalue weighted by atomic mass is 10.3. The summed E-state index contributed by atoms with van der Waals surface area (Å²) < 4.78 is 2.28. The Morgan fingerprint density at radius 1 is 1.47 bits per heavy atom. The van der Waals surface area contributed by atoms with Crippen LogP contribution >= 0.6 is 11.3 Å². The molecule has 0 unspecified atom stereocenters. The Balaban J connectivity index is 2.21. The van der Waals surface area contributed by atoms with Crippen LogP contribution in [0.3, 0.4) is 0 Å². The Hall–Kier alpha value is -1.66. The summed E-state index contributed by atoms with van der Waals surface area (Å²) in [7, 11) is 0. The van der Waals surface area contributed by atoms with Gasteiger partial charge in [-0.3, -0.25) is 9.59 Å². The Morgan fingerprint density at radius 2 is 2.29 bits per heavy atom. The fourth-order valence-corrected chi connectivity index (χ4v) is 2.31. The largest absolute Gasteiger partial charge is 0.395 e. The van der Waals surface area contributed by atoms with Gasteiger partial charge in [0, 0.05) is 17.4 Å². The van der Waals surface area contributed by atoms with Crippen LogP contribution in [-0.2, 0) is 11.3 Å². The van der Waals surface area contributed by atoms with Crippen molar-refractivity contribution in [2.45, 2.75) is 6.54 Å². The number of aromatic nitrogens is 1. The number of aliphatic hydroxyl groups is 1. The molecule has 0 fully saturated rings. The van der Waals surface area contributed by atoms with Crippen LogP contribution in [0.25, 0.3) is 10.1 Å². The highest BCUT2D eigenvalue weighted by molar-refractivity contribution is 7.17. The SMILES string of the molecule is O=C(Cn1ccc2sccc2c1=O)NCCO. The summed E-state index contributed by atoms with van der Waals surface area (Å²) >= 11 is 1.50. The molecule has 0 aliphatic heterocycles. The number of hydrogen-bond acceptors (Lipinski definition) is 4. The van der Waals surface area contributed by atoms with E-state index in [4.69, 9.17) is 5.11 Å². The van der Waals surface area contributed by atoms with E-state index in [0.717, 1.165) is 4.70 Å². The van der Waals surface area contributed by atoms with Gasteiger partial charge in [0.1, 0.15) is 6.54 Å². The van der Waals surface area contributed by atoms with Crippen molar-refractivity contribution >= 4 is 27.3 Å². The molecule has 2 N–H and O–H groups in total. The van der Waals surface area contributed by atoms with Gasteiger partial charge in [0.15, 0.2) is 0 Å². The predicted molar refractivity (Wildman–Crippen MR) is 66.2 cm³/mol. The minimum Gasteiger partial charge on any atom is -0.395 e. The molecule has 0 aliphatic carbocycles. The summed E-state index contributed by atoms with van der Waals surface area (Å²) in [5, 5.41) is 13.6. The Labute approximate surface area is 101 Å². The van der Waals surface area contributed by atoms with Crippen LogP contribution in [0.15, 0.2) is 28.5 Å². The van der Waals surface area contributed by atoms with Crippen molar-refractivity contribution in [3.63, 3.8) is 0 Å². The highest BCUT2D eigenvalue weighted by atomic mass is 32.1. The number of pyridine rings is 1. The summed E-state index contributed by atoms with van der Waals surface area (Å²) in [6.07, 6.45) is 1.61. The van der Waals surface area contributed by atoms with E-state index in [0.29, 0.717) is 5.39 Å². The topological polar surface area (TPSA) is 71.3 Å². The summed E-state index contributed by atoms with van der Waals surface area (Å²) in [5.41, 5.74) is -0.164. The molecular formula is C11H12N2O3S. The maximum Gasteiger partial charge on any atom is 0.259 e. The molecule has 17 heavy (non-hydrogen) atoms. The smallest absolute Gasteiger partial charge is 0.259 e. The Kier molecular flexibility index (Phi) is 3.55. The lowest BCUT2D eigenvalue weighted by molar-refractivity contribution is -0.121. The van der Waals surface area contributed by atoms with Crippen molar-refractivity contribution < 1.29 is 9.90 Å². The van der Waals surface area contributed by atoms with Gasteiger partial charge in [0.05, 0.1) is 12.0 Å². The average Bonchev–Trinajstić information content (AvgIpc) is 2.79. The molecule has 0 aliphatic rings. The van der Waals surface area contributed by atoms with Gasteiger partial charge in [-0.15, -0.1) is 11.3 Å². The van der Waals surface area contributed by atoms with Crippen LogP contribution in [0, 0.1) is 0 Å². The molecule has 90 valence electrons. The zero-order valence-corrected chi connectivity index (χ0v) is 9.87. The highest BCUT2D eigenvalue weighted by Gasteiger charge is 2.07. The standard InChI is InChI=1S/C11H12N2O3S/c14-5-3-12-10(15)7-13-4-1-9-8(11(13)16)2-6-17-9/h1-2,4,6,14H,3,5,7H2,(H,12,15). The van der Waals surface area contributed by atoms with E-state index in [1.54, 1.807) is 12.3 Å². The van der Waals surface area contributed by atoms with Crippen LogP contribution in [0.4, 0.5) is 0 Å². The molecule has 0 spiro atoms. The molecule has 2 rings (SSSR count). The van der Waals surface area contributed by atoms with Crippen molar-refractivity contribution in [1.82, 2.24) is 9.88 Å². The third kappa shape index (κ3) is 2.54. The Bertz CT molecular complexity index is 588. The average molecular weight is 252 g/mol. The first kappa shape index (κ1) is 11.8. The molecule has 0 radical (unpaired) electrons. The first-order valence-corrected chi connectivity index (χ1v) is 6.04. The molecular weight excluding hydrogens is 240 g/mol. The maximum absolute atomic E-state index is 11.9. The number of fused-ring (bicyclic) bond motifs is 1. The third-order valence-corrected chi connectivity index (χ3v) is 3.22. The van der Waals surface area contributed by atoms with Crippen LogP contribution in [0.5, 0.6) is 0 Å². The van der Waals surface area contributed by atoms with E-state index in [-0.39, 0.29) is 31.2 Å². The van der Waals surface area contributed by atoms with E-state index in [9.17, 15) is 9.59 Å². The molecule has 2 aromatic rings. The summed E-state index contributed by atoms with van der Waals surface area (Å²) in [4.78, 5) is 23.4. The molecule has 0 bridgehead atoms. The lowest BCUT2D eigenvalue weighted by Crippen LogP contribution is -2.33. The summed E-state index contributed by atoms with van der Waals surface area (Å²) in [6, 6.07) is 3.57. The number of hydrogen-bond donors (Lipinski definition) is 2.